The van der Waals surface area contributed by atoms with Crippen LogP contribution >= 0.6 is 11.3 Å². The van der Waals surface area contributed by atoms with Crippen LogP contribution in [0.5, 0.6) is 0 Å². The summed E-state index contributed by atoms with van der Waals surface area (Å²) in [6.07, 6.45) is 0. The number of thiophene rings is 1. The second-order valence-electron chi connectivity index (χ2n) is 6.97. The monoisotopic (exact) mass is 374 g/mol. The molecule has 28 heavy (non-hydrogen) atoms. The molecule has 0 aliphatic carbocycles. The minimum Gasteiger partial charge on any atom is -0.309 e. The number of hydrogen-bond acceptors (Lipinski definition) is 2. The average Bonchev–Trinajstić information content (AvgIpc) is 3.28. The minimum atomic E-state index is 0.703. The van der Waals surface area contributed by atoms with Gasteiger partial charge in [-0.05, 0) is 48.5 Å². The summed E-state index contributed by atoms with van der Waals surface area (Å²) in [7, 11) is 0. The second-order valence-corrected chi connectivity index (χ2v) is 8.06. The van der Waals surface area contributed by atoms with E-state index in [1.807, 2.05) is 12.1 Å². The standard InChI is InChI=1S/C25H14N2S/c26-15-16-9-11-24-20(13-16)21-14-17(10-12-25(21)28-24)27-22-7-3-1-5-18(22)19-6-2-4-8-23(19)27/h1-14H. The quantitative estimate of drug-likeness (QED) is 0.304. The van der Waals surface area contributed by atoms with Crippen LogP contribution in [0.25, 0.3) is 47.7 Å². The van der Waals surface area contributed by atoms with Crippen LogP contribution in [-0.2, 0) is 0 Å². The zero-order valence-electron chi connectivity index (χ0n) is 14.9. The zero-order chi connectivity index (χ0) is 18.7. The van der Waals surface area contributed by atoms with Crippen molar-refractivity contribution < 1.29 is 0 Å². The van der Waals surface area contributed by atoms with Crippen molar-refractivity contribution in [2.45, 2.75) is 0 Å². The lowest BCUT2D eigenvalue weighted by molar-refractivity contribution is 1.19. The van der Waals surface area contributed by atoms with Crippen LogP contribution in [0.3, 0.4) is 0 Å². The van der Waals surface area contributed by atoms with Gasteiger partial charge in [-0.3, -0.25) is 0 Å². The maximum atomic E-state index is 9.30. The first-order chi connectivity index (χ1) is 13.8. The van der Waals surface area contributed by atoms with Gasteiger partial charge < -0.3 is 4.57 Å². The average molecular weight is 374 g/mol. The molecule has 0 bridgehead atoms. The van der Waals surface area contributed by atoms with Crippen LogP contribution in [0.1, 0.15) is 5.56 Å². The smallest absolute Gasteiger partial charge is 0.0991 e. The predicted molar refractivity (Wildman–Crippen MR) is 118 cm³/mol. The van der Waals surface area contributed by atoms with Gasteiger partial charge in [0.25, 0.3) is 0 Å². The van der Waals surface area contributed by atoms with Gasteiger partial charge in [-0.25, -0.2) is 0 Å². The molecule has 0 fully saturated rings. The summed E-state index contributed by atoms with van der Waals surface area (Å²) in [5.41, 5.74) is 4.27. The van der Waals surface area contributed by atoms with E-state index in [4.69, 9.17) is 0 Å². The van der Waals surface area contributed by atoms with Crippen LogP contribution in [0.4, 0.5) is 0 Å². The minimum absolute atomic E-state index is 0.703. The van der Waals surface area contributed by atoms with Gasteiger partial charge in [-0.15, -0.1) is 11.3 Å². The van der Waals surface area contributed by atoms with E-state index in [0.717, 1.165) is 11.1 Å². The first kappa shape index (κ1) is 15.4. The molecule has 6 aromatic rings. The van der Waals surface area contributed by atoms with Gasteiger partial charge in [0.2, 0.25) is 0 Å². The number of benzene rings is 4. The molecule has 0 saturated carbocycles. The van der Waals surface area contributed by atoms with Gasteiger partial charge >= 0.3 is 0 Å². The lowest BCUT2D eigenvalue weighted by Gasteiger charge is -2.08. The maximum Gasteiger partial charge on any atom is 0.0991 e. The Bertz CT molecular complexity index is 1520. The number of rotatable bonds is 1. The van der Waals surface area contributed by atoms with Crippen molar-refractivity contribution in [3.63, 3.8) is 0 Å². The Morgan fingerprint density at radius 3 is 1.93 bits per heavy atom. The largest absolute Gasteiger partial charge is 0.309 e. The molecule has 0 spiro atoms. The highest BCUT2D eigenvalue weighted by Crippen LogP contribution is 2.37. The van der Waals surface area contributed by atoms with Gasteiger partial charge in [-0.1, -0.05) is 36.4 Å². The third-order valence-corrected chi connectivity index (χ3v) is 6.57. The fourth-order valence-corrected chi connectivity index (χ4v) is 5.24. The van der Waals surface area contributed by atoms with Gasteiger partial charge in [0.15, 0.2) is 0 Å². The number of nitrogens with zero attached hydrogens (tertiary/aromatic N) is 2. The fraction of sp³-hybridized carbons (Fsp3) is 0. The molecule has 0 saturated heterocycles. The first-order valence-electron chi connectivity index (χ1n) is 9.18. The van der Waals surface area contributed by atoms with Crippen molar-refractivity contribution in [3.05, 3.63) is 90.5 Å². The van der Waals surface area contributed by atoms with Gasteiger partial charge in [0.1, 0.15) is 0 Å². The molecule has 0 aliphatic heterocycles. The molecule has 0 N–H and O–H groups in total. The highest BCUT2D eigenvalue weighted by atomic mass is 32.1. The highest BCUT2D eigenvalue weighted by molar-refractivity contribution is 7.25. The highest BCUT2D eigenvalue weighted by Gasteiger charge is 2.13. The summed E-state index contributed by atoms with van der Waals surface area (Å²) in [5, 5.41) is 14.2. The lowest BCUT2D eigenvalue weighted by atomic mass is 10.1. The molecule has 0 amide bonds. The summed E-state index contributed by atoms with van der Waals surface area (Å²) in [6, 6.07) is 32.0. The first-order valence-corrected chi connectivity index (χ1v) is 10.00. The number of aromatic nitrogens is 1. The van der Waals surface area contributed by atoms with E-state index in [-0.39, 0.29) is 0 Å². The van der Waals surface area contributed by atoms with Gasteiger partial charge in [-0.2, -0.15) is 5.26 Å². The third-order valence-electron chi connectivity index (χ3n) is 5.42. The molecule has 3 heteroatoms. The Labute approximate surface area is 165 Å². The molecule has 2 aromatic heterocycles. The van der Waals surface area contributed by atoms with E-state index in [0.29, 0.717) is 5.56 Å². The second kappa shape index (κ2) is 5.69. The van der Waals surface area contributed by atoms with E-state index in [1.54, 1.807) is 11.3 Å². The molecule has 2 heterocycles. The van der Waals surface area contributed by atoms with Crippen LogP contribution in [0, 0.1) is 11.3 Å². The Kier molecular flexibility index (Phi) is 3.14. The molecule has 0 unspecified atom stereocenters. The topological polar surface area (TPSA) is 28.7 Å². The number of fused-ring (bicyclic) bond motifs is 6. The van der Waals surface area contributed by atoms with E-state index in [2.05, 4.69) is 83.4 Å². The Morgan fingerprint density at radius 2 is 1.25 bits per heavy atom. The maximum absolute atomic E-state index is 9.30. The van der Waals surface area contributed by atoms with Gasteiger partial charge in [0, 0.05) is 36.6 Å². The molecular formula is C25H14N2S. The molecule has 2 nitrogen and oxygen atoms in total. The lowest BCUT2D eigenvalue weighted by Crippen LogP contribution is -1.93. The Morgan fingerprint density at radius 1 is 0.643 bits per heavy atom. The SMILES string of the molecule is N#Cc1ccc2sc3ccc(-n4c5ccccc5c5ccccc54)cc3c2c1. The molecule has 4 aromatic carbocycles. The number of para-hydroxylation sites is 2. The molecule has 130 valence electrons. The van der Waals surface area contributed by atoms with Crippen LogP contribution in [-0.4, -0.2) is 4.57 Å². The molecular weight excluding hydrogens is 360 g/mol. The predicted octanol–water partition coefficient (Wildman–Crippen LogP) is 7.02. The Hall–Kier alpha value is -3.61. The van der Waals surface area contributed by atoms with Crippen LogP contribution in [0.2, 0.25) is 0 Å². The van der Waals surface area contributed by atoms with Crippen LogP contribution in [0.15, 0.2) is 84.9 Å². The molecule has 0 aliphatic rings. The summed E-state index contributed by atoms with van der Waals surface area (Å²) in [5.74, 6) is 0. The number of hydrogen-bond donors (Lipinski definition) is 0. The summed E-state index contributed by atoms with van der Waals surface area (Å²) >= 11 is 1.78. The van der Waals surface area contributed by atoms with Crippen molar-refractivity contribution in [1.82, 2.24) is 4.57 Å². The molecule has 0 radical (unpaired) electrons. The normalized spacial score (nSPS) is 11.5. The van der Waals surface area contributed by atoms with E-state index in [9.17, 15) is 5.26 Å². The number of nitriles is 1. The Balaban J connectivity index is 1.73. The van der Waals surface area contributed by atoms with Crippen molar-refractivity contribution in [2.24, 2.45) is 0 Å². The summed E-state index contributed by atoms with van der Waals surface area (Å²) in [4.78, 5) is 0. The van der Waals surface area contributed by atoms with Crippen molar-refractivity contribution in [2.75, 3.05) is 0 Å². The fourth-order valence-electron chi connectivity index (χ4n) is 4.17. The van der Waals surface area contributed by atoms with E-state index >= 15 is 0 Å². The van der Waals surface area contributed by atoms with Crippen molar-refractivity contribution in [1.29, 1.82) is 5.26 Å². The van der Waals surface area contributed by atoms with Gasteiger partial charge in [0.05, 0.1) is 22.7 Å². The third kappa shape index (κ3) is 2.07. The summed E-state index contributed by atoms with van der Waals surface area (Å²) in [6.45, 7) is 0. The summed E-state index contributed by atoms with van der Waals surface area (Å²) < 4.78 is 4.80. The molecule has 6 rings (SSSR count). The molecule has 0 atom stereocenters. The van der Waals surface area contributed by atoms with Crippen molar-refractivity contribution in [3.8, 4) is 11.8 Å². The van der Waals surface area contributed by atoms with E-state index < -0.39 is 0 Å². The zero-order valence-corrected chi connectivity index (χ0v) is 15.7. The van der Waals surface area contributed by atoms with E-state index in [1.165, 1.54) is 36.6 Å². The van der Waals surface area contributed by atoms with Crippen molar-refractivity contribution >= 4 is 53.3 Å². The van der Waals surface area contributed by atoms with Crippen LogP contribution < -0.4 is 0 Å².